The number of benzene rings is 5. The number of pyridine rings is 1. The summed E-state index contributed by atoms with van der Waals surface area (Å²) in [5.41, 5.74) is 5.74. The van der Waals surface area contributed by atoms with E-state index in [0.717, 1.165) is 22.3 Å². The SMILES string of the molecule is COc1cc(NC(=O)Cc2cccc(CNC(=O)CCN3CCC(OC(=O)Nc4ccccc4-c4ccccc4)CC3)c2)c(Cl)cc1CNC[C@@H](O)c1ccc(O)c2[nH]c(=O)ccc12. The summed E-state index contributed by atoms with van der Waals surface area (Å²) < 4.78 is 11.4. The molecule has 1 atom stereocenters. The summed E-state index contributed by atoms with van der Waals surface area (Å²) in [5.74, 6) is 0.0197. The van der Waals surface area contributed by atoms with E-state index in [-0.39, 0.29) is 54.3 Å². The standard InChI is InChI=1S/C49H51ClN6O8/c1-63-44-27-41(39(50)26-34(44)29-51-30-43(58)37-14-16-42(57)48-38(37)15-17-46(60)55-48)53-47(61)25-31-8-7-9-32(24-31)28-52-45(59)20-23-56-21-18-35(19-22-56)64-49(62)54-40-13-6-5-12-36(40)33-10-3-2-4-11-33/h2-17,24,26-27,35,43,51,57-58H,18-23,25,28-30H2,1H3,(H,52,59)(H,53,61)(H,54,62)(H,55,60)/t43-/m1/s1. The highest BCUT2D eigenvalue weighted by Crippen LogP contribution is 2.33. The minimum absolute atomic E-state index is 0.0732. The first-order valence-electron chi connectivity index (χ1n) is 21.1. The van der Waals surface area contributed by atoms with Gasteiger partial charge in [-0.25, -0.2) is 4.79 Å². The zero-order valence-corrected chi connectivity index (χ0v) is 36.1. The van der Waals surface area contributed by atoms with E-state index in [4.69, 9.17) is 21.1 Å². The molecule has 5 aromatic carbocycles. The van der Waals surface area contributed by atoms with Crippen molar-refractivity contribution in [1.82, 2.24) is 20.5 Å². The molecule has 3 amide bonds. The molecule has 0 spiro atoms. The molecule has 2 heterocycles. The second-order valence-corrected chi connectivity index (χ2v) is 16.0. The zero-order valence-electron chi connectivity index (χ0n) is 35.4. The number of aromatic amines is 1. The fourth-order valence-corrected chi connectivity index (χ4v) is 8.04. The minimum Gasteiger partial charge on any atom is -0.506 e. The Balaban J connectivity index is 0.817. The first-order chi connectivity index (χ1) is 31.0. The molecular formula is C49H51ClN6O8. The Morgan fingerprint density at radius 1 is 0.844 bits per heavy atom. The van der Waals surface area contributed by atoms with Gasteiger partial charge in [-0.15, -0.1) is 0 Å². The summed E-state index contributed by atoms with van der Waals surface area (Å²) in [6, 6.07) is 34.2. The van der Waals surface area contributed by atoms with E-state index in [9.17, 15) is 29.4 Å². The van der Waals surface area contributed by atoms with E-state index in [1.165, 1.54) is 19.2 Å². The van der Waals surface area contributed by atoms with Gasteiger partial charge in [0.05, 0.1) is 41.5 Å². The molecule has 0 aliphatic carbocycles. The number of aromatic nitrogens is 1. The van der Waals surface area contributed by atoms with Gasteiger partial charge >= 0.3 is 6.09 Å². The molecule has 1 saturated heterocycles. The first-order valence-corrected chi connectivity index (χ1v) is 21.5. The number of H-pyrrole nitrogens is 1. The molecule has 64 heavy (non-hydrogen) atoms. The second-order valence-electron chi connectivity index (χ2n) is 15.6. The maximum absolute atomic E-state index is 13.2. The fourth-order valence-electron chi connectivity index (χ4n) is 7.80. The molecule has 332 valence electrons. The lowest BCUT2D eigenvalue weighted by Gasteiger charge is -2.31. The number of para-hydroxylation sites is 1. The number of carbonyl (C=O) groups is 3. The van der Waals surface area contributed by atoms with Crippen LogP contribution in [0.15, 0.2) is 120 Å². The number of fused-ring (bicyclic) bond motifs is 1. The van der Waals surface area contributed by atoms with E-state index in [0.29, 0.717) is 84.1 Å². The molecule has 1 aliphatic rings. The highest BCUT2D eigenvalue weighted by atomic mass is 35.5. The number of hydrogen-bond acceptors (Lipinski definition) is 10. The predicted octanol–water partition coefficient (Wildman–Crippen LogP) is 7.29. The lowest BCUT2D eigenvalue weighted by molar-refractivity contribution is -0.121. The largest absolute Gasteiger partial charge is 0.506 e. The van der Waals surface area contributed by atoms with Crippen molar-refractivity contribution in [2.45, 2.75) is 51.0 Å². The maximum Gasteiger partial charge on any atom is 0.411 e. The number of nitrogens with zero attached hydrogens (tertiary/aromatic N) is 1. The molecule has 6 aromatic rings. The lowest BCUT2D eigenvalue weighted by atomic mass is 10.0. The van der Waals surface area contributed by atoms with Crippen LogP contribution in [0.25, 0.3) is 22.0 Å². The Bertz CT molecular complexity index is 2650. The number of aliphatic hydroxyl groups excluding tert-OH is 1. The van der Waals surface area contributed by atoms with Gasteiger partial charge in [-0.1, -0.05) is 90.5 Å². The molecule has 7 N–H and O–H groups in total. The molecular weight excluding hydrogens is 836 g/mol. The number of rotatable bonds is 17. The van der Waals surface area contributed by atoms with Crippen LogP contribution in [0.5, 0.6) is 11.5 Å². The highest BCUT2D eigenvalue weighted by molar-refractivity contribution is 6.33. The molecule has 0 saturated carbocycles. The topological polar surface area (TPSA) is 194 Å². The van der Waals surface area contributed by atoms with Gasteiger partial charge in [-0.3, -0.25) is 19.7 Å². The van der Waals surface area contributed by atoms with Gasteiger partial charge in [0.15, 0.2) is 0 Å². The van der Waals surface area contributed by atoms with Gasteiger partial charge in [0.1, 0.15) is 17.6 Å². The molecule has 1 fully saturated rings. The third-order valence-corrected chi connectivity index (χ3v) is 11.4. The average molecular weight is 887 g/mol. The summed E-state index contributed by atoms with van der Waals surface area (Å²) in [5, 5.41) is 33.9. The van der Waals surface area contributed by atoms with Crippen LogP contribution in [0.4, 0.5) is 16.2 Å². The van der Waals surface area contributed by atoms with Gasteiger partial charge < -0.3 is 45.5 Å². The van der Waals surface area contributed by atoms with Crippen molar-refractivity contribution >= 4 is 51.8 Å². The van der Waals surface area contributed by atoms with E-state index >= 15 is 0 Å². The van der Waals surface area contributed by atoms with Gasteiger partial charge in [0.25, 0.3) is 0 Å². The lowest BCUT2D eigenvalue weighted by Crippen LogP contribution is -2.40. The number of piperidine rings is 1. The van der Waals surface area contributed by atoms with Crippen molar-refractivity contribution in [3.8, 4) is 22.6 Å². The molecule has 15 heteroatoms. The normalized spacial score (nSPS) is 13.5. The number of hydrogen-bond donors (Lipinski definition) is 7. The summed E-state index contributed by atoms with van der Waals surface area (Å²) in [6.45, 7) is 2.77. The van der Waals surface area contributed by atoms with Gasteiger partial charge in [0.2, 0.25) is 17.4 Å². The summed E-state index contributed by atoms with van der Waals surface area (Å²) in [7, 11) is 1.51. The molecule has 1 aliphatic heterocycles. The number of amides is 3. The second kappa shape index (κ2) is 21.6. The third kappa shape index (κ3) is 12.1. The molecule has 1 aromatic heterocycles. The van der Waals surface area contributed by atoms with Crippen molar-refractivity contribution in [3.63, 3.8) is 0 Å². The molecule has 14 nitrogen and oxygen atoms in total. The molecule has 0 unspecified atom stereocenters. The Kier molecular flexibility index (Phi) is 15.3. The summed E-state index contributed by atoms with van der Waals surface area (Å²) in [4.78, 5) is 55.4. The highest BCUT2D eigenvalue weighted by Gasteiger charge is 2.23. The van der Waals surface area contributed by atoms with Gasteiger partial charge in [-0.2, -0.15) is 0 Å². The number of aromatic hydroxyl groups is 1. The smallest absolute Gasteiger partial charge is 0.411 e. The number of halogens is 1. The number of ether oxygens (including phenoxy) is 2. The first kappa shape index (κ1) is 45.3. The van der Waals surface area contributed by atoms with Crippen LogP contribution in [0.3, 0.4) is 0 Å². The van der Waals surface area contributed by atoms with Crippen molar-refractivity contribution in [3.05, 3.63) is 153 Å². The van der Waals surface area contributed by atoms with Gasteiger partial charge in [-0.05, 0) is 59.4 Å². The minimum atomic E-state index is -0.954. The average Bonchev–Trinajstić information content (AvgIpc) is 3.29. The Labute approximate surface area is 375 Å². The van der Waals surface area contributed by atoms with E-state index < -0.39 is 12.2 Å². The predicted molar refractivity (Wildman–Crippen MR) is 248 cm³/mol. The fraction of sp³-hybridized carbons (Fsp3) is 0.265. The van der Waals surface area contributed by atoms with Crippen molar-refractivity contribution in [1.29, 1.82) is 0 Å². The number of carbonyl (C=O) groups excluding carboxylic acids is 3. The number of aliphatic hydroxyl groups is 1. The van der Waals surface area contributed by atoms with E-state index in [1.54, 1.807) is 24.3 Å². The Morgan fingerprint density at radius 2 is 1.61 bits per heavy atom. The van der Waals surface area contributed by atoms with Crippen LogP contribution >= 0.6 is 11.6 Å². The number of anilines is 2. The number of likely N-dealkylation sites (tertiary alicyclic amines) is 1. The van der Waals surface area contributed by atoms with Crippen molar-refractivity contribution < 1.29 is 34.1 Å². The molecule has 0 radical (unpaired) electrons. The quantitative estimate of drug-likeness (QED) is 0.0489. The maximum atomic E-state index is 13.2. The zero-order chi connectivity index (χ0) is 45.0. The number of nitrogens with one attached hydrogen (secondary N) is 5. The van der Waals surface area contributed by atoms with E-state index in [2.05, 4.69) is 31.2 Å². The van der Waals surface area contributed by atoms with Crippen LogP contribution < -0.4 is 31.6 Å². The van der Waals surface area contributed by atoms with Crippen molar-refractivity contribution in [2.75, 3.05) is 43.9 Å². The monoisotopic (exact) mass is 886 g/mol. The number of phenolic OH excluding ortho intramolecular Hbond substituents is 1. The number of methoxy groups -OCH3 is 1. The molecule has 7 rings (SSSR count). The van der Waals surface area contributed by atoms with Gasteiger partial charge in [0, 0.05) is 74.3 Å². The molecule has 0 bridgehead atoms. The Morgan fingerprint density at radius 3 is 2.41 bits per heavy atom. The van der Waals surface area contributed by atoms with Crippen molar-refractivity contribution in [2.24, 2.45) is 0 Å². The number of phenols is 1. The van der Waals surface area contributed by atoms with E-state index in [1.807, 2.05) is 78.9 Å². The third-order valence-electron chi connectivity index (χ3n) is 11.1. The van der Waals surface area contributed by atoms with Crippen LogP contribution in [0.2, 0.25) is 5.02 Å². The van der Waals surface area contributed by atoms with Crippen LogP contribution in [0, 0.1) is 0 Å². The Hall–Kier alpha value is -6.71. The van der Waals surface area contributed by atoms with Crippen LogP contribution in [0.1, 0.15) is 47.6 Å². The van der Waals surface area contributed by atoms with Crippen LogP contribution in [-0.2, 0) is 33.8 Å². The summed E-state index contributed by atoms with van der Waals surface area (Å²) in [6.07, 6.45) is 0.117. The summed E-state index contributed by atoms with van der Waals surface area (Å²) >= 11 is 6.61. The van der Waals surface area contributed by atoms with Crippen LogP contribution in [-0.4, -0.2) is 77.4 Å².